The smallest absolute Gasteiger partial charge is 0.263 e. The van der Waals surface area contributed by atoms with Crippen LogP contribution in [0.4, 0.5) is 0 Å². The van der Waals surface area contributed by atoms with Crippen molar-refractivity contribution in [1.82, 2.24) is 9.47 Å². The lowest BCUT2D eigenvalue weighted by molar-refractivity contribution is 0.0725. The summed E-state index contributed by atoms with van der Waals surface area (Å²) in [7, 11) is 3.01. The van der Waals surface area contributed by atoms with Gasteiger partial charge in [0.2, 0.25) is 0 Å². The Labute approximate surface area is 180 Å². The maximum absolute atomic E-state index is 13.5. The Hall–Kier alpha value is -3.79. The van der Waals surface area contributed by atoms with E-state index in [2.05, 4.69) is 6.07 Å². The summed E-state index contributed by atoms with van der Waals surface area (Å²) in [5.41, 5.74) is 0.833. The van der Waals surface area contributed by atoms with Gasteiger partial charge in [0.25, 0.3) is 11.5 Å². The van der Waals surface area contributed by atoms with Gasteiger partial charge in [-0.2, -0.15) is 5.26 Å². The van der Waals surface area contributed by atoms with Crippen LogP contribution in [0.1, 0.15) is 35.2 Å². The number of carbonyl (C=O) groups excluding carboxylic acids is 1. The van der Waals surface area contributed by atoms with Crippen molar-refractivity contribution in [3.05, 3.63) is 64.1 Å². The molecule has 1 aliphatic heterocycles. The molecule has 1 aliphatic rings. The summed E-state index contributed by atoms with van der Waals surface area (Å²) in [6, 6.07) is 12.2. The standard InChI is InChI=1S/C24H23N3O4/c1-30-21-12-17-18(13-22(21)31-2)24(29)27(20-9-5-4-8-16(20)14-25)15-19(17)23(28)26-10-6-3-7-11-26/h4-5,8-9,12-13,15H,3,6-7,10-11H2,1-2H3. The fraction of sp³-hybridized carbons (Fsp3) is 0.292. The second kappa shape index (κ2) is 8.52. The van der Waals surface area contributed by atoms with Crippen LogP contribution >= 0.6 is 0 Å². The molecule has 1 aromatic heterocycles. The number of carbonyl (C=O) groups is 1. The van der Waals surface area contributed by atoms with E-state index in [0.29, 0.717) is 52.2 Å². The van der Waals surface area contributed by atoms with Crippen molar-refractivity contribution >= 4 is 16.7 Å². The van der Waals surface area contributed by atoms with Gasteiger partial charge in [0.05, 0.1) is 36.4 Å². The molecule has 0 spiro atoms. The van der Waals surface area contributed by atoms with Crippen LogP contribution in [0.2, 0.25) is 0 Å². The number of nitriles is 1. The quantitative estimate of drug-likeness (QED) is 0.649. The number of para-hydroxylation sites is 1. The highest BCUT2D eigenvalue weighted by molar-refractivity contribution is 6.07. The molecule has 3 aromatic rings. The Morgan fingerprint density at radius 3 is 2.29 bits per heavy atom. The first-order valence-electron chi connectivity index (χ1n) is 10.2. The molecule has 0 unspecified atom stereocenters. The Morgan fingerprint density at radius 1 is 1.00 bits per heavy atom. The molecule has 0 bridgehead atoms. The molecule has 4 rings (SSSR count). The Bertz CT molecular complexity index is 1250. The predicted octanol–water partition coefficient (Wildman–Crippen LogP) is 3.51. The van der Waals surface area contributed by atoms with Crippen LogP contribution in [0, 0.1) is 11.3 Å². The maximum Gasteiger partial charge on any atom is 0.263 e. The van der Waals surface area contributed by atoms with Gasteiger partial charge >= 0.3 is 0 Å². The number of hydrogen-bond donors (Lipinski definition) is 0. The number of likely N-dealkylation sites (tertiary alicyclic amines) is 1. The highest BCUT2D eigenvalue weighted by atomic mass is 16.5. The SMILES string of the molecule is COc1cc2c(C(=O)N3CCCCC3)cn(-c3ccccc3C#N)c(=O)c2cc1OC. The normalized spacial score (nSPS) is 13.6. The maximum atomic E-state index is 13.5. The van der Waals surface area contributed by atoms with E-state index in [4.69, 9.17) is 9.47 Å². The van der Waals surface area contributed by atoms with Crippen molar-refractivity contribution < 1.29 is 14.3 Å². The number of amides is 1. The Morgan fingerprint density at radius 2 is 1.65 bits per heavy atom. The van der Waals surface area contributed by atoms with Crippen molar-refractivity contribution in [2.24, 2.45) is 0 Å². The number of fused-ring (bicyclic) bond motifs is 1. The molecule has 7 heteroatoms. The third-order valence-corrected chi connectivity index (χ3v) is 5.68. The molecule has 0 saturated carbocycles. The van der Waals surface area contributed by atoms with E-state index >= 15 is 0 Å². The molecule has 158 valence electrons. The molecule has 0 aliphatic carbocycles. The van der Waals surface area contributed by atoms with Crippen LogP contribution < -0.4 is 15.0 Å². The zero-order valence-corrected chi connectivity index (χ0v) is 17.6. The molecule has 0 atom stereocenters. The number of pyridine rings is 1. The first kappa shape index (κ1) is 20.5. The van der Waals surface area contributed by atoms with Crippen LogP contribution in [-0.4, -0.2) is 42.7 Å². The van der Waals surface area contributed by atoms with Gasteiger partial charge in [-0.15, -0.1) is 0 Å². The number of nitrogens with zero attached hydrogens (tertiary/aromatic N) is 3. The van der Waals surface area contributed by atoms with Gasteiger partial charge in [-0.3, -0.25) is 14.2 Å². The van der Waals surface area contributed by atoms with Crippen LogP contribution in [0.25, 0.3) is 16.5 Å². The number of ether oxygens (including phenoxy) is 2. The second-order valence-electron chi connectivity index (χ2n) is 7.45. The highest BCUT2D eigenvalue weighted by Crippen LogP contribution is 2.33. The minimum absolute atomic E-state index is 0.139. The number of methoxy groups -OCH3 is 2. The highest BCUT2D eigenvalue weighted by Gasteiger charge is 2.24. The van der Waals surface area contributed by atoms with Gasteiger partial charge in [-0.25, -0.2) is 0 Å². The zero-order chi connectivity index (χ0) is 22.0. The largest absolute Gasteiger partial charge is 0.493 e. The molecule has 2 heterocycles. The number of aromatic nitrogens is 1. The van der Waals surface area contributed by atoms with Crippen molar-refractivity contribution in [1.29, 1.82) is 5.26 Å². The summed E-state index contributed by atoms with van der Waals surface area (Å²) in [5.74, 6) is 0.701. The number of piperidine rings is 1. The lowest BCUT2D eigenvalue weighted by Crippen LogP contribution is -2.36. The van der Waals surface area contributed by atoms with E-state index in [1.54, 1.807) is 42.6 Å². The topological polar surface area (TPSA) is 84.6 Å². The molecule has 1 fully saturated rings. The summed E-state index contributed by atoms with van der Waals surface area (Å²) in [6.45, 7) is 1.36. The molecular formula is C24H23N3O4. The Kier molecular flexibility index (Phi) is 5.63. The van der Waals surface area contributed by atoms with Gasteiger partial charge < -0.3 is 14.4 Å². The minimum Gasteiger partial charge on any atom is -0.493 e. The lowest BCUT2D eigenvalue weighted by atomic mass is 10.0. The number of hydrogen-bond acceptors (Lipinski definition) is 5. The van der Waals surface area contributed by atoms with Crippen LogP contribution in [0.3, 0.4) is 0 Å². The summed E-state index contributed by atoms with van der Waals surface area (Å²) < 4.78 is 12.2. The van der Waals surface area contributed by atoms with Crippen molar-refractivity contribution in [2.75, 3.05) is 27.3 Å². The van der Waals surface area contributed by atoms with Gasteiger partial charge in [-0.05, 0) is 43.5 Å². The van der Waals surface area contributed by atoms with Crippen molar-refractivity contribution in [3.63, 3.8) is 0 Å². The summed E-state index contributed by atoms with van der Waals surface area (Å²) in [5, 5.41) is 10.4. The summed E-state index contributed by atoms with van der Waals surface area (Å²) >= 11 is 0. The first-order valence-corrected chi connectivity index (χ1v) is 10.2. The van der Waals surface area contributed by atoms with Gasteiger partial charge in [0.1, 0.15) is 6.07 Å². The first-order chi connectivity index (χ1) is 15.1. The lowest BCUT2D eigenvalue weighted by Gasteiger charge is -2.27. The second-order valence-corrected chi connectivity index (χ2v) is 7.45. The average Bonchev–Trinajstić information content (AvgIpc) is 2.83. The Balaban J connectivity index is 2.04. The molecule has 31 heavy (non-hydrogen) atoms. The van der Waals surface area contributed by atoms with Gasteiger partial charge in [-0.1, -0.05) is 12.1 Å². The van der Waals surface area contributed by atoms with E-state index in [-0.39, 0.29) is 11.5 Å². The number of rotatable bonds is 4. The molecule has 1 amide bonds. The third kappa shape index (κ3) is 3.61. The monoisotopic (exact) mass is 417 g/mol. The fourth-order valence-electron chi connectivity index (χ4n) is 4.06. The van der Waals surface area contributed by atoms with E-state index in [0.717, 1.165) is 19.3 Å². The molecule has 0 N–H and O–H groups in total. The third-order valence-electron chi connectivity index (χ3n) is 5.68. The molecule has 0 radical (unpaired) electrons. The zero-order valence-electron chi connectivity index (χ0n) is 17.6. The van der Waals surface area contributed by atoms with E-state index in [1.807, 2.05) is 4.90 Å². The molecule has 1 saturated heterocycles. The van der Waals surface area contributed by atoms with Crippen LogP contribution in [0.5, 0.6) is 11.5 Å². The van der Waals surface area contributed by atoms with E-state index in [9.17, 15) is 14.9 Å². The van der Waals surface area contributed by atoms with Crippen LogP contribution in [-0.2, 0) is 0 Å². The van der Waals surface area contributed by atoms with Gasteiger partial charge in [0, 0.05) is 24.7 Å². The molecular weight excluding hydrogens is 394 g/mol. The minimum atomic E-state index is -0.339. The van der Waals surface area contributed by atoms with E-state index < -0.39 is 0 Å². The molecule has 2 aromatic carbocycles. The van der Waals surface area contributed by atoms with Crippen molar-refractivity contribution in [3.8, 4) is 23.3 Å². The summed E-state index contributed by atoms with van der Waals surface area (Å²) in [4.78, 5) is 28.8. The molecule has 7 nitrogen and oxygen atoms in total. The summed E-state index contributed by atoms with van der Waals surface area (Å²) in [6.07, 6.45) is 4.56. The number of benzene rings is 2. The van der Waals surface area contributed by atoms with Crippen LogP contribution in [0.15, 0.2) is 47.4 Å². The van der Waals surface area contributed by atoms with Gasteiger partial charge in [0.15, 0.2) is 11.5 Å². The predicted molar refractivity (Wildman–Crippen MR) is 117 cm³/mol. The average molecular weight is 417 g/mol. The van der Waals surface area contributed by atoms with E-state index in [1.165, 1.54) is 18.8 Å². The fourth-order valence-corrected chi connectivity index (χ4v) is 4.06. The van der Waals surface area contributed by atoms with Crippen molar-refractivity contribution in [2.45, 2.75) is 19.3 Å².